The molecule has 2 aromatic rings. The van der Waals surface area contributed by atoms with Gasteiger partial charge in [-0.3, -0.25) is 0 Å². The Morgan fingerprint density at radius 2 is 1.38 bits per heavy atom. The number of hydrogen-bond acceptors (Lipinski definition) is 0. The Bertz CT molecular complexity index is 680. The molecule has 0 aromatic heterocycles. The van der Waals surface area contributed by atoms with Crippen LogP contribution in [0, 0.1) is 17.8 Å². The second-order valence-corrected chi connectivity index (χ2v) is 8.34. The minimum atomic E-state index is 0.491. The van der Waals surface area contributed by atoms with E-state index in [9.17, 15) is 0 Å². The van der Waals surface area contributed by atoms with Crippen LogP contribution in [0.1, 0.15) is 44.1 Å². The first-order chi connectivity index (χ1) is 10.2. The average molecular weight is 297 g/mol. The van der Waals surface area contributed by atoms with Crippen LogP contribution in [0.4, 0.5) is 0 Å². The van der Waals surface area contributed by atoms with Gasteiger partial charge in [-0.2, -0.15) is 0 Å². The Morgan fingerprint density at radius 1 is 0.762 bits per heavy atom. The Kier molecular flexibility index (Phi) is 2.54. The fraction of sp³-hybridized carbons (Fsp3) is 0.500. The van der Waals surface area contributed by atoms with Crippen molar-refractivity contribution in [2.45, 2.75) is 43.9 Å². The van der Waals surface area contributed by atoms with Crippen LogP contribution in [0.25, 0.3) is 10.8 Å². The number of hydrogen-bond donors (Lipinski definition) is 0. The van der Waals surface area contributed by atoms with Crippen molar-refractivity contribution < 1.29 is 0 Å². The van der Waals surface area contributed by atoms with E-state index >= 15 is 0 Å². The molecule has 1 heteroatoms. The van der Waals surface area contributed by atoms with E-state index < -0.39 is 0 Å². The summed E-state index contributed by atoms with van der Waals surface area (Å²) >= 11 is 6.19. The fourth-order valence-electron chi connectivity index (χ4n) is 6.01. The first-order valence-electron chi connectivity index (χ1n) is 8.40. The Hall–Kier alpha value is -1.01. The van der Waals surface area contributed by atoms with E-state index in [1.165, 1.54) is 49.3 Å². The highest BCUT2D eigenvalue weighted by molar-refractivity contribution is 6.31. The van der Waals surface area contributed by atoms with Crippen molar-refractivity contribution in [1.29, 1.82) is 0 Å². The summed E-state index contributed by atoms with van der Waals surface area (Å²) in [5.74, 6) is 3.02. The van der Waals surface area contributed by atoms with Crippen LogP contribution in [0.2, 0.25) is 5.02 Å². The molecule has 0 nitrogen and oxygen atoms in total. The first-order valence-corrected chi connectivity index (χ1v) is 8.78. The number of fused-ring (bicyclic) bond motifs is 1. The van der Waals surface area contributed by atoms with Crippen molar-refractivity contribution in [2.75, 3.05) is 0 Å². The van der Waals surface area contributed by atoms with E-state index in [-0.39, 0.29) is 0 Å². The molecule has 2 aromatic carbocycles. The topological polar surface area (TPSA) is 0 Å². The van der Waals surface area contributed by atoms with Crippen LogP contribution >= 0.6 is 11.6 Å². The normalized spacial score (nSPS) is 37.3. The van der Waals surface area contributed by atoms with Crippen LogP contribution in [0.5, 0.6) is 0 Å². The highest BCUT2D eigenvalue weighted by Crippen LogP contribution is 2.60. The third kappa shape index (κ3) is 1.88. The molecule has 21 heavy (non-hydrogen) atoms. The summed E-state index contributed by atoms with van der Waals surface area (Å²) in [6.07, 6.45) is 8.84. The van der Waals surface area contributed by atoms with E-state index in [0.29, 0.717) is 5.41 Å². The van der Waals surface area contributed by atoms with Gasteiger partial charge in [0.2, 0.25) is 0 Å². The van der Waals surface area contributed by atoms with Crippen LogP contribution < -0.4 is 0 Å². The second-order valence-electron chi connectivity index (χ2n) is 7.90. The van der Waals surface area contributed by atoms with Gasteiger partial charge >= 0.3 is 0 Å². The first kappa shape index (κ1) is 12.5. The molecule has 0 aliphatic heterocycles. The van der Waals surface area contributed by atoms with E-state index in [2.05, 4.69) is 30.3 Å². The van der Waals surface area contributed by atoms with Gasteiger partial charge in [-0.05, 0) is 90.2 Å². The van der Waals surface area contributed by atoms with Crippen LogP contribution in [-0.4, -0.2) is 0 Å². The van der Waals surface area contributed by atoms with Crippen LogP contribution in [0.3, 0.4) is 0 Å². The van der Waals surface area contributed by atoms with Crippen molar-refractivity contribution in [1.82, 2.24) is 0 Å². The predicted octanol–water partition coefficient (Wildman–Crippen LogP) is 5.96. The quantitative estimate of drug-likeness (QED) is 0.609. The zero-order valence-corrected chi connectivity index (χ0v) is 13.1. The van der Waals surface area contributed by atoms with E-state index in [0.717, 1.165) is 22.8 Å². The minimum Gasteiger partial charge on any atom is -0.0843 e. The largest absolute Gasteiger partial charge is 0.0843 e. The van der Waals surface area contributed by atoms with Gasteiger partial charge in [-0.15, -0.1) is 0 Å². The van der Waals surface area contributed by atoms with Gasteiger partial charge in [0, 0.05) is 5.02 Å². The maximum absolute atomic E-state index is 6.19. The van der Waals surface area contributed by atoms with E-state index in [1.54, 1.807) is 5.56 Å². The Labute approximate surface area is 131 Å². The van der Waals surface area contributed by atoms with Crippen molar-refractivity contribution >= 4 is 22.4 Å². The number of benzene rings is 2. The lowest BCUT2D eigenvalue weighted by Crippen LogP contribution is -2.48. The summed E-state index contributed by atoms with van der Waals surface area (Å²) in [6, 6.07) is 13.4. The predicted molar refractivity (Wildman–Crippen MR) is 88.8 cm³/mol. The lowest BCUT2D eigenvalue weighted by atomic mass is 9.48. The molecule has 6 rings (SSSR count). The van der Waals surface area contributed by atoms with Crippen molar-refractivity contribution in [2.24, 2.45) is 17.8 Å². The summed E-state index contributed by atoms with van der Waals surface area (Å²) in [6.45, 7) is 0. The molecule has 0 amide bonds. The third-order valence-electron chi connectivity index (χ3n) is 6.45. The van der Waals surface area contributed by atoms with Crippen LogP contribution in [-0.2, 0) is 5.41 Å². The third-order valence-corrected chi connectivity index (χ3v) is 6.69. The molecule has 4 fully saturated rings. The molecule has 0 N–H and O–H groups in total. The molecule has 4 aliphatic rings. The molecular formula is C20H21Cl. The number of rotatable bonds is 1. The van der Waals surface area contributed by atoms with Gasteiger partial charge in [0.25, 0.3) is 0 Å². The molecular weight excluding hydrogens is 276 g/mol. The summed E-state index contributed by atoms with van der Waals surface area (Å²) in [5.41, 5.74) is 2.09. The van der Waals surface area contributed by atoms with Gasteiger partial charge in [0.15, 0.2) is 0 Å². The molecule has 4 bridgehead atoms. The smallest absolute Gasteiger partial charge is 0.0412 e. The molecule has 0 saturated heterocycles. The molecule has 108 valence electrons. The van der Waals surface area contributed by atoms with Gasteiger partial charge in [-0.1, -0.05) is 35.9 Å². The lowest BCUT2D eigenvalue weighted by molar-refractivity contribution is -0.00512. The Balaban J connectivity index is 1.63. The fourth-order valence-corrected chi connectivity index (χ4v) is 6.19. The maximum Gasteiger partial charge on any atom is 0.0412 e. The second kappa shape index (κ2) is 4.26. The summed E-state index contributed by atoms with van der Waals surface area (Å²) in [7, 11) is 0. The van der Waals surface area contributed by atoms with Crippen molar-refractivity contribution in [3.63, 3.8) is 0 Å². The lowest BCUT2D eigenvalue weighted by Gasteiger charge is -2.57. The summed E-state index contributed by atoms with van der Waals surface area (Å²) in [4.78, 5) is 0. The summed E-state index contributed by atoms with van der Waals surface area (Å²) < 4.78 is 0. The van der Waals surface area contributed by atoms with Crippen molar-refractivity contribution in [3.05, 3.63) is 47.0 Å². The molecule has 4 saturated carbocycles. The molecule has 0 spiro atoms. The Morgan fingerprint density at radius 3 is 2.05 bits per heavy atom. The molecule has 0 radical (unpaired) electrons. The summed E-state index contributed by atoms with van der Waals surface area (Å²) in [5, 5.41) is 3.48. The van der Waals surface area contributed by atoms with Crippen LogP contribution in [0.15, 0.2) is 36.4 Å². The van der Waals surface area contributed by atoms with Gasteiger partial charge in [-0.25, -0.2) is 0 Å². The zero-order valence-electron chi connectivity index (χ0n) is 12.3. The van der Waals surface area contributed by atoms with Crippen molar-refractivity contribution in [3.8, 4) is 0 Å². The van der Waals surface area contributed by atoms with Gasteiger partial charge in [0.05, 0.1) is 0 Å². The molecule has 4 aliphatic carbocycles. The monoisotopic (exact) mass is 296 g/mol. The van der Waals surface area contributed by atoms with E-state index in [1.807, 2.05) is 6.07 Å². The highest BCUT2D eigenvalue weighted by Gasteiger charge is 2.51. The maximum atomic E-state index is 6.19. The SMILES string of the molecule is Clc1ccc2ccc(C34CC5CC(CC(C5)C3)C4)cc2c1. The van der Waals surface area contributed by atoms with E-state index in [4.69, 9.17) is 11.6 Å². The average Bonchev–Trinajstić information content (AvgIpc) is 2.45. The minimum absolute atomic E-state index is 0.491. The highest BCUT2D eigenvalue weighted by atomic mass is 35.5. The van der Waals surface area contributed by atoms with Gasteiger partial charge in [0.1, 0.15) is 0 Å². The standard InChI is InChI=1S/C20H21Cl/c21-19-4-2-16-1-3-18(8-17(16)9-19)20-10-13-5-14(11-20)7-15(6-13)12-20/h1-4,8-9,13-15H,5-7,10-12H2. The molecule has 0 heterocycles. The molecule has 0 atom stereocenters. The zero-order chi connectivity index (χ0) is 14.0. The number of halogens is 1. The molecule has 0 unspecified atom stereocenters. The van der Waals surface area contributed by atoms with Gasteiger partial charge < -0.3 is 0 Å².